The van der Waals surface area contributed by atoms with Crippen molar-refractivity contribution in [2.24, 2.45) is 28.7 Å². The number of hydrogen-bond acceptors (Lipinski definition) is 14. The van der Waals surface area contributed by atoms with Crippen molar-refractivity contribution in [1.82, 2.24) is 34.6 Å². The first-order valence-corrected chi connectivity index (χ1v) is 15.9. The number of halogens is 1. The minimum Gasteiger partial charge on any atom is -0.456 e. The van der Waals surface area contributed by atoms with E-state index in [4.69, 9.17) is 20.9 Å². The van der Waals surface area contributed by atoms with Crippen molar-refractivity contribution < 1.29 is 37.8 Å². The van der Waals surface area contributed by atoms with Gasteiger partial charge >= 0.3 is 11.9 Å². The number of rotatable bonds is 11. The summed E-state index contributed by atoms with van der Waals surface area (Å²) in [6, 6.07) is 2.83. The number of amides is 3. The standard InChI is InChI=1S/C30H33FN10O7S/c1-34-26-21-27(38-16(37-26)8-6-14-5-7-15(31)49-14)41(13-36-21)30-22-23(30)29(22,28(46)35-2)24(47-19(44)11-39(3)17(42)9-32)25(30)48-20(45)12-40(4)18(43)10-33/h5,7,13,22-25H,9-12,32-33H2,1-4H3,(H,35,46)(H,34,37,38). The summed E-state index contributed by atoms with van der Waals surface area (Å²) in [6.07, 6.45) is -1.05. The normalized spacial score (nSPS) is 25.4. The SMILES string of the molecule is CNC(=O)C12C(OC(=O)CN(C)C(=O)CN)C(OC(=O)CN(C)C(=O)CN)C3(n4cnc5c(NC)nc(C#Cc6ccc(F)s6)nc54)C1C23. The first-order chi connectivity index (χ1) is 23.4. The highest BCUT2D eigenvalue weighted by Gasteiger charge is 3.07. The average molecular weight is 697 g/mol. The van der Waals surface area contributed by atoms with Crippen molar-refractivity contribution in [1.29, 1.82) is 0 Å². The molecule has 0 spiro atoms. The Kier molecular flexibility index (Phi) is 8.50. The Morgan fingerprint density at radius 3 is 2.12 bits per heavy atom. The summed E-state index contributed by atoms with van der Waals surface area (Å²) in [5.74, 6) is 2.01. The van der Waals surface area contributed by atoms with Crippen LogP contribution in [0.1, 0.15) is 10.7 Å². The fraction of sp³-hybridized carbons (Fsp3) is 0.467. The van der Waals surface area contributed by atoms with Gasteiger partial charge in [-0.05, 0) is 24.0 Å². The number of nitrogens with two attached hydrogens (primary N) is 2. The van der Waals surface area contributed by atoms with Crippen LogP contribution in [0.2, 0.25) is 0 Å². The Hall–Kier alpha value is -5.19. The maximum absolute atomic E-state index is 13.6. The van der Waals surface area contributed by atoms with Gasteiger partial charge in [0.2, 0.25) is 23.5 Å². The van der Waals surface area contributed by atoms with Crippen molar-refractivity contribution in [2.75, 3.05) is 59.7 Å². The van der Waals surface area contributed by atoms with Gasteiger partial charge in [-0.3, -0.25) is 24.0 Å². The van der Waals surface area contributed by atoms with E-state index in [0.29, 0.717) is 16.2 Å². The first kappa shape index (κ1) is 33.7. The molecule has 4 aliphatic carbocycles. The average Bonchev–Trinajstić information content (AvgIpc) is 3.72. The molecule has 6 N–H and O–H groups in total. The van der Waals surface area contributed by atoms with E-state index in [-0.39, 0.29) is 24.6 Å². The topological polar surface area (TPSA) is 230 Å². The Morgan fingerprint density at radius 1 is 0.980 bits per heavy atom. The minimum atomic E-state index is -1.29. The number of fused-ring (bicyclic) bond motifs is 2. The first-order valence-electron chi connectivity index (χ1n) is 15.1. The molecule has 4 saturated carbocycles. The van der Waals surface area contributed by atoms with Gasteiger partial charge in [0.1, 0.15) is 18.5 Å². The van der Waals surface area contributed by atoms with Gasteiger partial charge in [0.25, 0.3) is 0 Å². The molecule has 4 atom stereocenters. The zero-order valence-corrected chi connectivity index (χ0v) is 27.7. The molecule has 0 saturated heterocycles. The number of ether oxygens (including phenoxy) is 2. The van der Waals surface area contributed by atoms with Crippen LogP contribution < -0.4 is 22.1 Å². The third-order valence-electron chi connectivity index (χ3n) is 9.33. The molecule has 49 heavy (non-hydrogen) atoms. The third kappa shape index (κ3) is 5.14. The van der Waals surface area contributed by atoms with Gasteiger partial charge in [0.05, 0.1) is 29.8 Å². The van der Waals surface area contributed by atoms with Crippen LogP contribution in [-0.2, 0) is 39.0 Å². The molecule has 2 bridgehead atoms. The van der Waals surface area contributed by atoms with Gasteiger partial charge < -0.3 is 45.9 Å². The van der Waals surface area contributed by atoms with Gasteiger partial charge in [-0.2, -0.15) is 4.39 Å². The molecule has 0 radical (unpaired) electrons. The number of imidazole rings is 1. The van der Waals surface area contributed by atoms with E-state index in [0.717, 1.165) is 21.1 Å². The summed E-state index contributed by atoms with van der Waals surface area (Å²) in [6.45, 7) is -1.62. The highest BCUT2D eigenvalue weighted by Crippen LogP contribution is 2.95. The number of nitrogens with zero attached hydrogens (tertiary/aromatic N) is 6. The maximum Gasteiger partial charge on any atom is 0.326 e. The van der Waals surface area contributed by atoms with E-state index in [2.05, 4.69) is 37.4 Å². The van der Waals surface area contributed by atoms with Crippen LogP contribution in [0.5, 0.6) is 0 Å². The number of carbonyl (C=O) groups is 5. The Bertz CT molecular complexity index is 1940. The number of thiophene rings is 1. The van der Waals surface area contributed by atoms with Crippen molar-refractivity contribution in [2.45, 2.75) is 17.7 Å². The van der Waals surface area contributed by atoms with E-state index in [9.17, 15) is 28.4 Å². The van der Waals surface area contributed by atoms with E-state index in [1.807, 2.05) is 0 Å². The van der Waals surface area contributed by atoms with Crippen LogP contribution in [-0.4, -0.2) is 126 Å². The zero-order chi connectivity index (χ0) is 35.4. The lowest BCUT2D eigenvalue weighted by atomic mass is 9.91. The molecule has 17 nitrogen and oxygen atoms in total. The smallest absolute Gasteiger partial charge is 0.326 e. The van der Waals surface area contributed by atoms with Crippen LogP contribution in [0.25, 0.3) is 11.2 Å². The molecule has 258 valence electrons. The van der Waals surface area contributed by atoms with Gasteiger partial charge in [-0.15, -0.1) is 0 Å². The number of esters is 2. The van der Waals surface area contributed by atoms with E-state index >= 15 is 0 Å². The van der Waals surface area contributed by atoms with Crippen LogP contribution in [0.3, 0.4) is 0 Å². The lowest BCUT2D eigenvalue weighted by Crippen LogP contribution is -2.46. The van der Waals surface area contributed by atoms with Crippen LogP contribution >= 0.6 is 11.3 Å². The number of aromatic nitrogens is 4. The third-order valence-corrected chi connectivity index (χ3v) is 10.1. The molecular formula is C30H33FN10O7S. The largest absolute Gasteiger partial charge is 0.456 e. The molecule has 19 heteroatoms. The zero-order valence-electron chi connectivity index (χ0n) is 26.9. The van der Waals surface area contributed by atoms with Gasteiger partial charge in [0, 0.05) is 40.0 Å². The molecule has 0 aliphatic heterocycles. The molecule has 3 amide bonds. The lowest BCUT2D eigenvalue weighted by molar-refractivity contribution is -0.172. The molecule has 7 rings (SSSR count). The molecule has 0 aromatic carbocycles. The quantitative estimate of drug-likeness (QED) is 0.124. The molecule has 4 unspecified atom stereocenters. The van der Waals surface area contributed by atoms with Crippen molar-refractivity contribution in [3.63, 3.8) is 0 Å². The van der Waals surface area contributed by atoms with E-state index in [1.54, 1.807) is 11.6 Å². The van der Waals surface area contributed by atoms with Crippen LogP contribution in [0.4, 0.5) is 10.2 Å². The van der Waals surface area contributed by atoms with Gasteiger partial charge in [-0.1, -0.05) is 11.3 Å². The predicted octanol–water partition coefficient (Wildman–Crippen LogP) is -2.17. The summed E-state index contributed by atoms with van der Waals surface area (Å²) in [5, 5.41) is 5.22. The van der Waals surface area contributed by atoms with Gasteiger partial charge in [0.15, 0.2) is 34.3 Å². The van der Waals surface area contributed by atoms with Gasteiger partial charge in [-0.25, -0.2) is 15.0 Å². The monoisotopic (exact) mass is 696 g/mol. The number of nitrogens with one attached hydrogen (secondary N) is 2. The summed E-state index contributed by atoms with van der Waals surface area (Å²) in [7, 11) is 5.84. The molecule has 3 aromatic rings. The second-order valence-electron chi connectivity index (χ2n) is 11.9. The molecule has 4 aliphatic rings. The number of hydrogen-bond donors (Lipinski definition) is 4. The highest BCUT2D eigenvalue weighted by atomic mass is 32.1. The Labute approximate surface area is 282 Å². The van der Waals surface area contributed by atoms with Crippen molar-refractivity contribution in [3.8, 4) is 11.8 Å². The Morgan fingerprint density at radius 2 is 1.59 bits per heavy atom. The van der Waals surface area contributed by atoms with E-state index < -0.39 is 82.9 Å². The summed E-state index contributed by atoms with van der Waals surface area (Å²) in [5.41, 5.74) is 9.11. The second kappa shape index (κ2) is 12.4. The van der Waals surface area contributed by atoms with Crippen LogP contribution in [0, 0.1) is 34.2 Å². The van der Waals surface area contributed by atoms with Crippen molar-refractivity contribution in [3.05, 3.63) is 34.3 Å². The molecule has 3 aromatic heterocycles. The van der Waals surface area contributed by atoms with Crippen molar-refractivity contribution >= 4 is 58.0 Å². The molecular weight excluding hydrogens is 663 g/mol. The van der Waals surface area contributed by atoms with E-state index in [1.165, 1.54) is 39.6 Å². The fourth-order valence-corrected chi connectivity index (χ4v) is 7.78. The Balaban J connectivity index is 1.43. The molecule has 4 fully saturated rings. The predicted molar refractivity (Wildman–Crippen MR) is 170 cm³/mol. The maximum atomic E-state index is 13.6. The van der Waals surface area contributed by atoms with Crippen LogP contribution in [0.15, 0.2) is 18.5 Å². The number of anilines is 1. The number of carbonyl (C=O) groups excluding carboxylic acids is 5. The lowest BCUT2D eigenvalue weighted by Gasteiger charge is -2.28. The minimum absolute atomic E-state index is 0.0831. The highest BCUT2D eigenvalue weighted by molar-refractivity contribution is 7.10. The summed E-state index contributed by atoms with van der Waals surface area (Å²) >= 11 is 0.868. The summed E-state index contributed by atoms with van der Waals surface area (Å²) < 4.78 is 27.2. The number of likely N-dealkylation sites (N-methyl/N-ethyl adjacent to an activating group) is 2. The fourth-order valence-electron chi connectivity index (χ4n) is 7.20. The summed E-state index contributed by atoms with van der Waals surface area (Å²) in [4.78, 5) is 80.6. The second-order valence-corrected chi connectivity index (χ2v) is 12.9. The molecule has 3 heterocycles.